The van der Waals surface area contributed by atoms with Gasteiger partial charge in [0.2, 0.25) is 5.88 Å². The van der Waals surface area contributed by atoms with E-state index in [4.69, 9.17) is 4.74 Å². The highest BCUT2D eigenvalue weighted by atomic mass is 19.4. The van der Waals surface area contributed by atoms with Gasteiger partial charge in [-0.25, -0.2) is 14.6 Å². The van der Waals surface area contributed by atoms with E-state index < -0.39 is 11.9 Å². The molecule has 130 valence electrons. The van der Waals surface area contributed by atoms with E-state index in [-0.39, 0.29) is 6.61 Å². The Morgan fingerprint density at radius 2 is 2.04 bits per heavy atom. The molecule has 1 aromatic carbocycles. The lowest BCUT2D eigenvalue weighted by Crippen LogP contribution is -2.06. The summed E-state index contributed by atoms with van der Waals surface area (Å²) >= 11 is 0. The van der Waals surface area contributed by atoms with Crippen molar-refractivity contribution < 1.29 is 17.9 Å². The van der Waals surface area contributed by atoms with Gasteiger partial charge >= 0.3 is 6.18 Å². The number of aryl methyl sites for hydroxylation is 1. The second-order valence-electron chi connectivity index (χ2n) is 5.20. The molecule has 0 saturated heterocycles. The summed E-state index contributed by atoms with van der Waals surface area (Å²) in [5, 5.41) is 6.78. The van der Waals surface area contributed by atoms with Crippen molar-refractivity contribution in [3.63, 3.8) is 0 Å². The van der Waals surface area contributed by atoms with Gasteiger partial charge in [-0.2, -0.15) is 13.2 Å². The van der Waals surface area contributed by atoms with E-state index in [1.165, 1.54) is 6.33 Å². The van der Waals surface area contributed by atoms with Crippen molar-refractivity contribution in [2.24, 2.45) is 0 Å². The Morgan fingerprint density at radius 3 is 2.68 bits per heavy atom. The van der Waals surface area contributed by atoms with Crippen LogP contribution in [0.25, 0.3) is 5.69 Å². The zero-order valence-electron chi connectivity index (χ0n) is 13.2. The molecule has 0 bridgehead atoms. The molecule has 0 N–H and O–H groups in total. The highest BCUT2D eigenvalue weighted by Crippen LogP contribution is 2.28. The zero-order chi connectivity index (χ0) is 17.9. The smallest absolute Gasteiger partial charge is 0.436 e. The predicted molar refractivity (Wildman–Crippen MR) is 82.1 cm³/mol. The van der Waals surface area contributed by atoms with Crippen molar-refractivity contribution in [2.75, 3.05) is 0 Å². The highest BCUT2D eigenvalue weighted by Gasteiger charge is 2.34. The summed E-state index contributed by atoms with van der Waals surface area (Å²) in [7, 11) is 0. The molecule has 9 heteroatoms. The number of rotatable bonds is 5. The fourth-order valence-corrected chi connectivity index (χ4v) is 2.22. The van der Waals surface area contributed by atoms with Crippen molar-refractivity contribution in [2.45, 2.75) is 26.1 Å². The maximum atomic E-state index is 12.8. The van der Waals surface area contributed by atoms with Crippen LogP contribution in [-0.2, 0) is 19.2 Å². The minimum absolute atomic E-state index is 0.126. The Hall–Kier alpha value is -2.97. The molecular formula is C16H14F3N5O. The minimum atomic E-state index is -4.54. The van der Waals surface area contributed by atoms with Crippen molar-refractivity contribution >= 4 is 0 Å². The lowest BCUT2D eigenvalue weighted by atomic mass is 10.1. The Kier molecular flexibility index (Phi) is 4.64. The molecule has 0 atom stereocenters. The molecule has 0 aliphatic carbocycles. The molecule has 0 radical (unpaired) electrons. The van der Waals surface area contributed by atoms with Gasteiger partial charge in [0.05, 0.1) is 11.9 Å². The van der Waals surface area contributed by atoms with Crippen molar-refractivity contribution in [3.8, 4) is 11.6 Å². The fourth-order valence-electron chi connectivity index (χ4n) is 2.22. The molecule has 0 aliphatic heterocycles. The lowest BCUT2D eigenvalue weighted by molar-refractivity contribution is -0.141. The Bertz CT molecular complexity index is 848. The first-order chi connectivity index (χ1) is 12.0. The van der Waals surface area contributed by atoms with Gasteiger partial charge in [0, 0.05) is 17.8 Å². The first kappa shape index (κ1) is 16.9. The quantitative estimate of drug-likeness (QED) is 0.708. The summed E-state index contributed by atoms with van der Waals surface area (Å²) in [4.78, 5) is 7.76. The molecule has 0 spiro atoms. The maximum absolute atomic E-state index is 12.8. The van der Waals surface area contributed by atoms with Crippen LogP contribution in [0.4, 0.5) is 13.2 Å². The number of halogens is 3. The van der Waals surface area contributed by atoms with E-state index in [2.05, 4.69) is 20.3 Å². The minimum Gasteiger partial charge on any atom is -0.473 e. The zero-order valence-corrected chi connectivity index (χ0v) is 13.2. The van der Waals surface area contributed by atoms with Crippen LogP contribution in [0.3, 0.4) is 0 Å². The van der Waals surface area contributed by atoms with Crippen molar-refractivity contribution in [3.05, 3.63) is 59.8 Å². The van der Waals surface area contributed by atoms with Gasteiger partial charge in [0.1, 0.15) is 12.9 Å². The molecule has 0 aliphatic rings. The summed E-state index contributed by atoms with van der Waals surface area (Å²) < 4.78 is 44.9. The highest BCUT2D eigenvalue weighted by molar-refractivity contribution is 5.43. The molecular weight excluding hydrogens is 335 g/mol. The number of hydrogen-bond acceptors (Lipinski definition) is 5. The van der Waals surface area contributed by atoms with E-state index in [1.54, 1.807) is 18.3 Å². The van der Waals surface area contributed by atoms with Crippen molar-refractivity contribution in [1.29, 1.82) is 0 Å². The molecule has 0 saturated carbocycles. The van der Waals surface area contributed by atoms with E-state index in [0.29, 0.717) is 17.1 Å². The van der Waals surface area contributed by atoms with Crippen LogP contribution >= 0.6 is 0 Å². The molecule has 0 fully saturated rings. The van der Waals surface area contributed by atoms with Gasteiger partial charge in [-0.1, -0.05) is 24.3 Å². The Balaban J connectivity index is 1.92. The number of nitrogens with zero attached hydrogens (tertiary/aromatic N) is 5. The van der Waals surface area contributed by atoms with Crippen LogP contribution in [0.2, 0.25) is 0 Å². The molecule has 2 heterocycles. The first-order valence-electron chi connectivity index (χ1n) is 7.48. The second kappa shape index (κ2) is 6.88. The number of benzene rings is 1. The Morgan fingerprint density at radius 1 is 1.20 bits per heavy atom. The van der Waals surface area contributed by atoms with Gasteiger partial charge in [-0.3, -0.25) is 0 Å². The maximum Gasteiger partial charge on any atom is 0.436 e. The van der Waals surface area contributed by atoms with Gasteiger partial charge in [0.15, 0.2) is 5.69 Å². The lowest BCUT2D eigenvalue weighted by Gasteiger charge is -2.12. The summed E-state index contributed by atoms with van der Waals surface area (Å²) in [5.74, 6) is 0.373. The van der Waals surface area contributed by atoms with E-state index in [0.717, 1.165) is 22.9 Å². The van der Waals surface area contributed by atoms with E-state index in [1.807, 2.05) is 19.1 Å². The molecule has 6 nitrogen and oxygen atoms in total. The van der Waals surface area contributed by atoms with Crippen LogP contribution in [0, 0.1) is 0 Å². The monoisotopic (exact) mass is 349 g/mol. The van der Waals surface area contributed by atoms with Crippen LogP contribution in [0.1, 0.15) is 23.7 Å². The average Bonchev–Trinajstić information content (AvgIpc) is 3.11. The summed E-state index contributed by atoms with van der Waals surface area (Å²) in [6, 6.07) is 7.00. The average molecular weight is 349 g/mol. The van der Waals surface area contributed by atoms with Crippen LogP contribution in [0.5, 0.6) is 5.88 Å². The number of ether oxygens (including phenoxy) is 1. The standard InChI is InChI=1S/C16H14F3N5O/c1-2-11-3-4-13(24-8-14(22-23-24)16(17,18)19)12(7-11)9-25-15-5-6-20-10-21-15/h3-8,10H,2,9H2,1H3. The summed E-state index contributed by atoms with van der Waals surface area (Å²) in [6.07, 6.45) is -0.00913. The van der Waals surface area contributed by atoms with Gasteiger partial charge in [0.25, 0.3) is 0 Å². The molecule has 0 amide bonds. The summed E-state index contributed by atoms with van der Waals surface area (Å²) in [5.41, 5.74) is 1.13. The first-order valence-corrected chi connectivity index (χ1v) is 7.48. The van der Waals surface area contributed by atoms with Gasteiger partial charge in [-0.05, 0) is 18.1 Å². The Labute approximate surface area is 141 Å². The van der Waals surface area contributed by atoms with E-state index in [9.17, 15) is 13.2 Å². The van der Waals surface area contributed by atoms with Crippen LogP contribution in [-0.4, -0.2) is 25.0 Å². The largest absolute Gasteiger partial charge is 0.473 e. The van der Waals surface area contributed by atoms with Crippen molar-refractivity contribution in [1.82, 2.24) is 25.0 Å². The topological polar surface area (TPSA) is 65.7 Å². The molecule has 0 unspecified atom stereocenters. The molecule has 3 aromatic rings. The molecule has 25 heavy (non-hydrogen) atoms. The third kappa shape index (κ3) is 3.93. The third-order valence-corrected chi connectivity index (χ3v) is 3.51. The van der Waals surface area contributed by atoms with Crippen LogP contribution < -0.4 is 4.74 Å². The normalized spacial score (nSPS) is 11.5. The molecule has 3 rings (SSSR count). The number of alkyl halides is 3. The predicted octanol–water partition coefficient (Wildman–Crippen LogP) is 3.22. The number of aromatic nitrogens is 5. The second-order valence-corrected chi connectivity index (χ2v) is 5.20. The van der Waals surface area contributed by atoms with Gasteiger partial charge < -0.3 is 4.74 Å². The summed E-state index contributed by atoms with van der Waals surface area (Å²) in [6.45, 7) is 2.11. The van der Waals surface area contributed by atoms with Gasteiger partial charge in [-0.15, -0.1) is 5.10 Å². The fraction of sp³-hybridized carbons (Fsp3) is 0.250. The molecule has 2 aromatic heterocycles. The van der Waals surface area contributed by atoms with E-state index >= 15 is 0 Å². The van der Waals surface area contributed by atoms with Crippen LogP contribution in [0.15, 0.2) is 43.0 Å². The number of hydrogen-bond donors (Lipinski definition) is 0. The SMILES string of the molecule is CCc1ccc(-n2cc(C(F)(F)F)nn2)c(COc2ccncn2)c1. The third-order valence-electron chi connectivity index (χ3n) is 3.51.